The number of rotatable bonds is 8. The number of carboxylic acids is 1. The van der Waals surface area contributed by atoms with Crippen molar-refractivity contribution in [3.8, 4) is 5.75 Å². The van der Waals surface area contributed by atoms with E-state index in [0.29, 0.717) is 34.7 Å². The van der Waals surface area contributed by atoms with Crippen molar-refractivity contribution in [1.82, 2.24) is 5.32 Å². The number of ether oxygens (including phenoxy) is 2. The van der Waals surface area contributed by atoms with E-state index in [1.807, 2.05) is 0 Å². The van der Waals surface area contributed by atoms with Gasteiger partial charge in [-0.15, -0.1) is 0 Å². The number of methoxy groups -OCH3 is 1. The Hall–Kier alpha value is -1.64. The Kier molecular flexibility index (Phi) is 6.65. The number of hydrogen-bond donors (Lipinski definition) is 2. The molecule has 0 bridgehead atoms. The topological polar surface area (TPSA) is 102 Å². The van der Waals surface area contributed by atoms with E-state index < -0.39 is 27.3 Å². The van der Waals surface area contributed by atoms with Gasteiger partial charge < -0.3 is 14.6 Å². The van der Waals surface area contributed by atoms with Crippen LogP contribution < -0.4 is 10.1 Å². The lowest BCUT2D eigenvalue weighted by atomic mass is 10.0. The SMILES string of the molecule is COc1cc(C)c(S(=O)(=O)[C@]2(CCOCC(=O)O)CCCCN2)c(C)c1. The standard InChI is InChI=1S/C18H27NO6S/c1-13-10-15(24-3)11-14(2)17(13)26(22,23)18(6-4-5-8-19-18)7-9-25-12-16(20)21/h10-11,19H,4-9,12H2,1-3H3,(H,20,21)/t18-/m0/s1. The van der Waals surface area contributed by atoms with Gasteiger partial charge in [-0.05, 0) is 62.9 Å². The molecule has 0 amide bonds. The first-order valence-electron chi connectivity index (χ1n) is 8.68. The molecule has 2 rings (SSSR count). The van der Waals surface area contributed by atoms with E-state index in [0.717, 1.165) is 12.8 Å². The molecule has 0 spiro atoms. The summed E-state index contributed by atoms with van der Waals surface area (Å²) >= 11 is 0. The van der Waals surface area contributed by atoms with E-state index in [2.05, 4.69) is 5.32 Å². The molecule has 0 saturated carbocycles. The van der Waals surface area contributed by atoms with Gasteiger partial charge in [-0.1, -0.05) is 0 Å². The fraction of sp³-hybridized carbons (Fsp3) is 0.611. The fourth-order valence-electron chi connectivity index (χ4n) is 3.56. The minimum atomic E-state index is -3.70. The first-order valence-corrected chi connectivity index (χ1v) is 10.2. The largest absolute Gasteiger partial charge is 0.497 e. The van der Waals surface area contributed by atoms with E-state index >= 15 is 0 Å². The fourth-order valence-corrected chi connectivity index (χ4v) is 5.97. The molecule has 1 fully saturated rings. The maximum atomic E-state index is 13.6. The van der Waals surface area contributed by atoms with Crippen LogP contribution in [0.2, 0.25) is 0 Å². The van der Waals surface area contributed by atoms with E-state index in [4.69, 9.17) is 14.6 Å². The summed E-state index contributed by atoms with van der Waals surface area (Å²) in [5, 5.41) is 11.9. The molecule has 1 heterocycles. The molecule has 26 heavy (non-hydrogen) atoms. The molecule has 1 aromatic carbocycles. The van der Waals surface area contributed by atoms with Gasteiger partial charge in [0.25, 0.3) is 0 Å². The van der Waals surface area contributed by atoms with Gasteiger partial charge in [-0.25, -0.2) is 13.2 Å². The summed E-state index contributed by atoms with van der Waals surface area (Å²) in [4.78, 5) is 9.79. The van der Waals surface area contributed by atoms with Crippen LogP contribution in [0.15, 0.2) is 17.0 Å². The highest BCUT2D eigenvalue weighted by Gasteiger charge is 2.46. The van der Waals surface area contributed by atoms with E-state index in [9.17, 15) is 13.2 Å². The summed E-state index contributed by atoms with van der Waals surface area (Å²) in [6, 6.07) is 3.44. The maximum absolute atomic E-state index is 13.6. The third kappa shape index (κ3) is 4.19. The molecule has 8 heteroatoms. The number of aryl methyl sites for hydroxylation is 2. The first kappa shape index (κ1) is 20.7. The Labute approximate surface area is 154 Å². The molecule has 0 aliphatic carbocycles. The van der Waals surface area contributed by atoms with Crippen molar-refractivity contribution in [2.75, 3.05) is 26.9 Å². The van der Waals surface area contributed by atoms with E-state index in [1.165, 1.54) is 0 Å². The first-order chi connectivity index (χ1) is 12.2. The maximum Gasteiger partial charge on any atom is 0.329 e. The highest BCUT2D eigenvalue weighted by molar-refractivity contribution is 7.93. The van der Waals surface area contributed by atoms with Crippen molar-refractivity contribution in [2.45, 2.75) is 49.3 Å². The molecule has 7 nitrogen and oxygen atoms in total. The summed E-state index contributed by atoms with van der Waals surface area (Å²) in [5.74, 6) is -0.449. The van der Waals surface area contributed by atoms with Crippen molar-refractivity contribution in [1.29, 1.82) is 0 Å². The number of carboxylic acid groups (broad SMARTS) is 1. The number of benzene rings is 1. The lowest BCUT2D eigenvalue weighted by Crippen LogP contribution is -2.55. The molecule has 1 aliphatic heterocycles. The lowest BCUT2D eigenvalue weighted by Gasteiger charge is -2.38. The Morgan fingerprint density at radius 1 is 1.27 bits per heavy atom. The molecule has 1 aromatic rings. The second-order valence-corrected chi connectivity index (χ2v) is 8.86. The minimum Gasteiger partial charge on any atom is -0.497 e. The third-order valence-corrected chi connectivity index (χ3v) is 7.55. The molecule has 146 valence electrons. The lowest BCUT2D eigenvalue weighted by molar-refractivity contribution is -0.142. The average Bonchev–Trinajstić information content (AvgIpc) is 2.58. The van der Waals surface area contributed by atoms with Crippen LogP contribution >= 0.6 is 0 Å². The van der Waals surface area contributed by atoms with Crippen molar-refractivity contribution in [3.63, 3.8) is 0 Å². The summed E-state index contributed by atoms with van der Waals surface area (Å²) in [6.07, 6.45) is 2.37. The zero-order valence-corrected chi connectivity index (χ0v) is 16.3. The number of piperidine rings is 1. The zero-order valence-electron chi connectivity index (χ0n) is 15.5. The van der Waals surface area contributed by atoms with Gasteiger partial charge in [-0.3, -0.25) is 5.32 Å². The predicted octanol–water partition coefficient (Wildman–Crippen LogP) is 2.05. The second kappa shape index (κ2) is 8.37. The summed E-state index contributed by atoms with van der Waals surface area (Å²) < 4.78 is 37.6. The van der Waals surface area contributed by atoms with Crippen LogP contribution in [0.1, 0.15) is 36.8 Å². The Balaban J connectivity index is 2.39. The summed E-state index contributed by atoms with van der Waals surface area (Å²) in [6.45, 7) is 3.76. The van der Waals surface area contributed by atoms with Gasteiger partial charge in [0.2, 0.25) is 0 Å². The number of aliphatic carboxylic acids is 1. The molecular formula is C18H27NO6S. The average molecular weight is 385 g/mol. The molecule has 0 aromatic heterocycles. The number of nitrogens with one attached hydrogen (secondary N) is 1. The van der Waals surface area contributed by atoms with Crippen LogP contribution in [0, 0.1) is 13.8 Å². The molecule has 1 saturated heterocycles. The Morgan fingerprint density at radius 2 is 1.92 bits per heavy atom. The van der Waals surface area contributed by atoms with Gasteiger partial charge in [0.15, 0.2) is 9.84 Å². The molecular weight excluding hydrogens is 358 g/mol. The highest BCUT2D eigenvalue weighted by atomic mass is 32.2. The molecule has 1 aliphatic rings. The van der Waals surface area contributed by atoms with E-state index in [-0.39, 0.29) is 13.0 Å². The van der Waals surface area contributed by atoms with Crippen molar-refractivity contribution >= 4 is 15.8 Å². The highest BCUT2D eigenvalue weighted by Crippen LogP contribution is 2.38. The number of carbonyl (C=O) groups is 1. The van der Waals surface area contributed by atoms with Crippen LogP contribution in [-0.2, 0) is 19.4 Å². The smallest absolute Gasteiger partial charge is 0.329 e. The van der Waals surface area contributed by atoms with Crippen LogP contribution in [0.5, 0.6) is 5.75 Å². The Bertz CT molecular complexity index is 730. The number of hydrogen-bond acceptors (Lipinski definition) is 6. The quantitative estimate of drug-likeness (QED) is 0.660. The molecule has 2 N–H and O–H groups in total. The minimum absolute atomic E-state index is 0.0623. The molecule has 1 atom stereocenters. The van der Waals surface area contributed by atoms with Crippen molar-refractivity contribution in [3.05, 3.63) is 23.3 Å². The van der Waals surface area contributed by atoms with Gasteiger partial charge in [0.05, 0.1) is 18.6 Å². The van der Waals surface area contributed by atoms with Crippen LogP contribution in [-0.4, -0.2) is 51.2 Å². The molecule has 0 unspecified atom stereocenters. The zero-order chi connectivity index (χ0) is 19.4. The predicted molar refractivity (Wildman–Crippen MR) is 97.3 cm³/mol. The van der Waals surface area contributed by atoms with Gasteiger partial charge in [0, 0.05) is 6.42 Å². The third-order valence-electron chi connectivity index (χ3n) is 4.78. The van der Waals surface area contributed by atoms with Crippen LogP contribution in [0.25, 0.3) is 0 Å². The summed E-state index contributed by atoms with van der Waals surface area (Å²) in [5.41, 5.74) is 1.28. The van der Waals surface area contributed by atoms with E-state index in [1.54, 1.807) is 33.1 Å². The summed E-state index contributed by atoms with van der Waals surface area (Å²) in [7, 11) is -2.16. The monoisotopic (exact) mass is 385 g/mol. The van der Waals surface area contributed by atoms with Crippen molar-refractivity contribution in [2.24, 2.45) is 0 Å². The van der Waals surface area contributed by atoms with Gasteiger partial charge in [0.1, 0.15) is 17.2 Å². The van der Waals surface area contributed by atoms with Crippen LogP contribution in [0.3, 0.4) is 0 Å². The van der Waals surface area contributed by atoms with Gasteiger partial charge in [-0.2, -0.15) is 0 Å². The number of sulfone groups is 1. The Morgan fingerprint density at radius 3 is 2.42 bits per heavy atom. The van der Waals surface area contributed by atoms with Crippen LogP contribution in [0.4, 0.5) is 0 Å². The normalized spacial score (nSPS) is 20.7. The molecule has 0 radical (unpaired) electrons. The van der Waals surface area contributed by atoms with Gasteiger partial charge >= 0.3 is 5.97 Å². The second-order valence-electron chi connectivity index (χ2n) is 6.67. The van der Waals surface area contributed by atoms with Crippen molar-refractivity contribution < 1.29 is 27.8 Å².